The zero-order valence-corrected chi connectivity index (χ0v) is 13.8. The Labute approximate surface area is 146 Å². The fraction of sp³-hybridized carbons (Fsp3) is 0.188. The molecule has 0 saturated heterocycles. The maximum atomic E-state index is 12.7. The van der Waals surface area contributed by atoms with Gasteiger partial charge in [-0.05, 0) is 43.3 Å². The van der Waals surface area contributed by atoms with Crippen LogP contribution in [0.25, 0.3) is 0 Å². The molecule has 1 atom stereocenters. The Bertz CT molecular complexity index is 750. The van der Waals surface area contributed by atoms with Crippen molar-refractivity contribution in [2.24, 2.45) is 0 Å². The second-order valence-corrected chi connectivity index (χ2v) is 5.75. The summed E-state index contributed by atoms with van der Waals surface area (Å²) in [7, 11) is 0. The molecule has 1 N–H and O–H groups in total. The summed E-state index contributed by atoms with van der Waals surface area (Å²) in [6, 6.07) is 8.83. The number of amides is 1. The number of ether oxygens (including phenoxy) is 1. The average molecular weight is 378 g/mol. The number of carbonyl (C=O) groups excluding carboxylic acids is 1. The van der Waals surface area contributed by atoms with E-state index >= 15 is 0 Å². The van der Waals surface area contributed by atoms with Crippen LogP contribution < -0.4 is 10.1 Å². The minimum Gasteiger partial charge on any atom is -0.479 e. The number of nitrogens with one attached hydrogen (secondary N) is 1. The molecule has 0 unspecified atom stereocenters. The lowest BCUT2D eigenvalue weighted by molar-refractivity contribution is -0.137. The fourth-order valence-electron chi connectivity index (χ4n) is 1.83. The van der Waals surface area contributed by atoms with E-state index in [1.165, 1.54) is 31.2 Å². The van der Waals surface area contributed by atoms with Crippen molar-refractivity contribution >= 4 is 34.8 Å². The maximum absolute atomic E-state index is 12.7. The topological polar surface area (TPSA) is 38.3 Å². The van der Waals surface area contributed by atoms with E-state index < -0.39 is 23.8 Å². The van der Waals surface area contributed by atoms with Crippen LogP contribution in [0, 0.1) is 0 Å². The SMILES string of the molecule is C[C@H](Oc1ccc(Cl)cc1Cl)C(=O)Nc1cccc(C(F)(F)F)c1. The van der Waals surface area contributed by atoms with Gasteiger partial charge in [0.25, 0.3) is 5.91 Å². The van der Waals surface area contributed by atoms with Crippen molar-refractivity contribution in [3.05, 3.63) is 58.1 Å². The summed E-state index contributed by atoms with van der Waals surface area (Å²) >= 11 is 11.7. The van der Waals surface area contributed by atoms with E-state index in [1.54, 1.807) is 6.07 Å². The van der Waals surface area contributed by atoms with Gasteiger partial charge in [0, 0.05) is 10.7 Å². The van der Waals surface area contributed by atoms with Gasteiger partial charge < -0.3 is 10.1 Å². The van der Waals surface area contributed by atoms with E-state index in [-0.39, 0.29) is 16.5 Å². The van der Waals surface area contributed by atoms with Gasteiger partial charge in [-0.3, -0.25) is 4.79 Å². The molecule has 0 aromatic heterocycles. The first-order chi connectivity index (χ1) is 11.2. The van der Waals surface area contributed by atoms with Crippen molar-refractivity contribution in [1.82, 2.24) is 0 Å². The first-order valence-corrected chi connectivity index (χ1v) is 7.52. The molecule has 0 heterocycles. The molecule has 24 heavy (non-hydrogen) atoms. The van der Waals surface area contributed by atoms with Gasteiger partial charge in [-0.2, -0.15) is 13.2 Å². The van der Waals surface area contributed by atoms with Gasteiger partial charge >= 0.3 is 6.18 Å². The lowest BCUT2D eigenvalue weighted by atomic mass is 10.2. The number of benzene rings is 2. The molecule has 0 aliphatic rings. The third-order valence-corrected chi connectivity index (χ3v) is 3.55. The lowest BCUT2D eigenvalue weighted by Gasteiger charge is -2.16. The first kappa shape index (κ1) is 18.4. The molecule has 8 heteroatoms. The molecule has 1 amide bonds. The lowest BCUT2D eigenvalue weighted by Crippen LogP contribution is -2.30. The normalized spacial score (nSPS) is 12.6. The van der Waals surface area contributed by atoms with Crippen molar-refractivity contribution in [2.75, 3.05) is 5.32 Å². The number of rotatable bonds is 4. The summed E-state index contributed by atoms with van der Waals surface area (Å²) in [5.41, 5.74) is -0.831. The van der Waals surface area contributed by atoms with Gasteiger partial charge in [0.05, 0.1) is 10.6 Å². The Balaban J connectivity index is 2.06. The number of alkyl halides is 3. The summed E-state index contributed by atoms with van der Waals surface area (Å²) < 4.78 is 43.4. The Morgan fingerprint density at radius 2 is 1.88 bits per heavy atom. The van der Waals surface area contributed by atoms with Gasteiger partial charge in [-0.25, -0.2) is 0 Å². The van der Waals surface area contributed by atoms with E-state index in [0.29, 0.717) is 5.02 Å². The zero-order valence-electron chi connectivity index (χ0n) is 12.3. The molecule has 2 aromatic carbocycles. The Kier molecular flexibility index (Phi) is 5.62. The molecule has 2 rings (SSSR count). The van der Waals surface area contributed by atoms with E-state index in [4.69, 9.17) is 27.9 Å². The highest BCUT2D eigenvalue weighted by Crippen LogP contribution is 2.31. The van der Waals surface area contributed by atoms with Gasteiger partial charge in [0.1, 0.15) is 5.75 Å². The number of halogens is 5. The van der Waals surface area contributed by atoms with Crippen LogP contribution in [-0.4, -0.2) is 12.0 Å². The van der Waals surface area contributed by atoms with Crippen LogP contribution in [0.15, 0.2) is 42.5 Å². The second-order valence-electron chi connectivity index (χ2n) is 4.90. The average Bonchev–Trinajstić information content (AvgIpc) is 2.49. The molecule has 2 aromatic rings. The van der Waals surface area contributed by atoms with Crippen molar-refractivity contribution in [3.8, 4) is 5.75 Å². The van der Waals surface area contributed by atoms with E-state index in [9.17, 15) is 18.0 Å². The van der Waals surface area contributed by atoms with Crippen LogP contribution in [0.1, 0.15) is 12.5 Å². The molecular weight excluding hydrogens is 366 g/mol. The number of carbonyl (C=O) groups is 1. The molecule has 0 aliphatic heterocycles. The van der Waals surface area contributed by atoms with Crippen molar-refractivity contribution in [1.29, 1.82) is 0 Å². The summed E-state index contributed by atoms with van der Waals surface area (Å²) in [4.78, 5) is 12.1. The largest absolute Gasteiger partial charge is 0.479 e. The van der Waals surface area contributed by atoms with Crippen molar-refractivity contribution in [3.63, 3.8) is 0 Å². The first-order valence-electron chi connectivity index (χ1n) is 6.76. The Morgan fingerprint density at radius 1 is 1.17 bits per heavy atom. The molecule has 128 valence electrons. The predicted molar refractivity (Wildman–Crippen MR) is 86.6 cm³/mol. The number of hydrogen-bond donors (Lipinski definition) is 1. The van der Waals surface area contributed by atoms with Gasteiger partial charge in [-0.15, -0.1) is 0 Å². The van der Waals surface area contributed by atoms with Crippen LogP contribution in [-0.2, 0) is 11.0 Å². The summed E-state index contributed by atoms with van der Waals surface area (Å²) in [5.74, 6) is -0.367. The second kappa shape index (κ2) is 7.32. The third-order valence-electron chi connectivity index (χ3n) is 3.02. The maximum Gasteiger partial charge on any atom is 0.416 e. The number of anilines is 1. The van der Waals surface area contributed by atoms with E-state index in [0.717, 1.165) is 12.1 Å². The minimum absolute atomic E-state index is 0.0208. The molecule has 0 fully saturated rings. The van der Waals surface area contributed by atoms with Crippen molar-refractivity contribution < 1.29 is 22.7 Å². The Hall–Kier alpha value is -1.92. The van der Waals surface area contributed by atoms with Crippen molar-refractivity contribution in [2.45, 2.75) is 19.2 Å². The Morgan fingerprint density at radius 3 is 2.50 bits per heavy atom. The minimum atomic E-state index is -4.49. The highest BCUT2D eigenvalue weighted by Gasteiger charge is 2.30. The number of hydrogen-bond acceptors (Lipinski definition) is 2. The standard InChI is InChI=1S/C16H12Cl2F3NO2/c1-9(24-14-6-5-11(17)8-13(14)18)15(23)22-12-4-2-3-10(7-12)16(19,20)21/h2-9H,1H3,(H,22,23)/t9-/m0/s1. The van der Waals surface area contributed by atoms with Crippen LogP contribution in [0.3, 0.4) is 0 Å². The van der Waals surface area contributed by atoms with Gasteiger partial charge in [0.15, 0.2) is 6.10 Å². The third kappa shape index (κ3) is 4.79. The molecule has 0 aliphatic carbocycles. The molecule has 0 saturated carbocycles. The summed E-state index contributed by atoms with van der Waals surface area (Å²) in [6.07, 6.45) is -5.46. The smallest absolute Gasteiger partial charge is 0.416 e. The van der Waals surface area contributed by atoms with Crippen LogP contribution in [0.2, 0.25) is 10.0 Å². The molecule has 0 bridgehead atoms. The molecular formula is C16H12Cl2F3NO2. The molecule has 0 radical (unpaired) electrons. The van der Waals surface area contributed by atoms with Crippen LogP contribution >= 0.6 is 23.2 Å². The summed E-state index contributed by atoms with van der Waals surface area (Å²) in [6.45, 7) is 1.45. The molecule has 0 spiro atoms. The molecule has 3 nitrogen and oxygen atoms in total. The summed E-state index contributed by atoms with van der Waals surface area (Å²) in [5, 5.41) is 3.01. The van der Waals surface area contributed by atoms with Gasteiger partial charge in [-0.1, -0.05) is 29.3 Å². The predicted octanol–water partition coefficient (Wildman–Crippen LogP) is 5.42. The van der Waals surface area contributed by atoms with Gasteiger partial charge in [0.2, 0.25) is 0 Å². The fourth-order valence-corrected chi connectivity index (χ4v) is 2.28. The van der Waals surface area contributed by atoms with E-state index in [1.807, 2.05) is 0 Å². The van der Waals surface area contributed by atoms with Crippen LogP contribution in [0.4, 0.5) is 18.9 Å². The highest BCUT2D eigenvalue weighted by molar-refractivity contribution is 6.35. The monoisotopic (exact) mass is 377 g/mol. The zero-order chi connectivity index (χ0) is 17.9. The van der Waals surface area contributed by atoms with Crippen LogP contribution in [0.5, 0.6) is 5.75 Å². The van der Waals surface area contributed by atoms with E-state index in [2.05, 4.69) is 5.32 Å². The quantitative estimate of drug-likeness (QED) is 0.772. The highest BCUT2D eigenvalue weighted by atomic mass is 35.5.